The lowest BCUT2D eigenvalue weighted by molar-refractivity contribution is -0.172. The number of hydrogen-bond acceptors (Lipinski definition) is 4. The molecule has 0 saturated heterocycles. The van der Waals surface area contributed by atoms with Crippen LogP contribution in [0, 0.1) is 0 Å². The van der Waals surface area contributed by atoms with Crippen molar-refractivity contribution in [2.75, 3.05) is 19.8 Å². The zero-order valence-electron chi connectivity index (χ0n) is 6.99. The van der Waals surface area contributed by atoms with Crippen molar-refractivity contribution in [1.82, 2.24) is 0 Å². The Morgan fingerprint density at radius 3 is 2.27 bits per heavy atom. The van der Waals surface area contributed by atoms with Gasteiger partial charge in [-0.25, -0.2) is 0 Å². The Hall–Kier alpha value is -0.160. The first kappa shape index (κ1) is 10.8. The standard InChI is InChI=1S/C7H16O4/c1-3-10-5-6(8)7(9)11-4-2/h6-9H,3-5H2,1-2H3. The van der Waals surface area contributed by atoms with E-state index in [1.165, 1.54) is 0 Å². The highest BCUT2D eigenvalue weighted by Crippen LogP contribution is 1.96. The maximum atomic E-state index is 9.08. The van der Waals surface area contributed by atoms with Crippen molar-refractivity contribution in [3.63, 3.8) is 0 Å². The zero-order valence-corrected chi connectivity index (χ0v) is 6.99. The molecule has 2 N–H and O–H groups in total. The Balaban J connectivity index is 3.38. The van der Waals surface area contributed by atoms with Gasteiger partial charge in [-0.1, -0.05) is 0 Å². The highest BCUT2D eigenvalue weighted by Gasteiger charge is 2.15. The smallest absolute Gasteiger partial charge is 0.183 e. The van der Waals surface area contributed by atoms with Gasteiger partial charge in [-0.2, -0.15) is 0 Å². The number of ether oxygens (including phenoxy) is 2. The lowest BCUT2D eigenvalue weighted by Crippen LogP contribution is -2.32. The third kappa shape index (κ3) is 5.15. The largest absolute Gasteiger partial charge is 0.385 e. The third-order valence-electron chi connectivity index (χ3n) is 1.16. The van der Waals surface area contributed by atoms with Crippen LogP contribution in [-0.4, -0.2) is 42.4 Å². The molecule has 0 aromatic rings. The fourth-order valence-electron chi connectivity index (χ4n) is 0.603. The summed E-state index contributed by atoms with van der Waals surface area (Å²) in [5.41, 5.74) is 0. The summed E-state index contributed by atoms with van der Waals surface area (Å²) in [7, 11) is 0. The van der Waals surface area contributed by atoms with E-state index < -0.39 is 12.4 Å². The molecule has 0 fully saturated rings. The maximum Gasteiger partial charge on any atom is 0.183 e. The van der Waals surface area contributed by atoms with Crippen LogP contribution in [0.15, 0.2) is 0 Å². The van der Waals surface area contributed by atoms with E-state index in [4.69, 9.17) is 19.7 Å². The predicted molar refractivity (Wildman–Crippen MR) is 40.1 cm³/mol. The van der Waals surface area contributed by atoms with E-state index in [9.17, 15) is 0 Å². The molecular formula is C7H16O4. The normalized spacial score (nSPS) is 16.4. The van der Waals surface area contributed by atoms with Crippen LogP contribution < -0.4 is 0 Å². The molecule has 0 aliphatic heterocycles. The number of aliphatic hydroxyl groups excluding tert-OH is 2. The Bertz CT molecular complexity index is 86.5. The van der Waals surface area contributed by atoms with Crippen molar-refractivity contribution >= 4 is 0 Å². The van der Waals surface area contributed by atoms with E-state index in [0.717, 1.165) is 0 Å². The van der Waals surface area contributed by atoms with Crippen molar-refractivity contribution in [3.8, 4) is 0 Å². The summed E-state index contributed by atoms with van der Waals surface area (Å²) in [6.07, 6.45) is -2.08. The van der Waals surface area contributed by atoms with Crippen molar-refractivity contribution in [2.45, 2.75) is 26.2 Å². The highest BCUT2D eigenvalue weighted by atomic mass is 16.6. The third-order valence-corrected chi connectivity index (χ3v) is 1.16. The Morgan fingerprint density at radius 1 is 1.18 bits per heavy atom. The Labute approximate surface area is 66.7 Å². The van der Waals surface area contributed by atoms with Gasteiger partial charge in [0, 0.05) is 13.2 Å². The van der Waals surface area contributed by atoms with Crippen molar-refractivity contribution in [1.29, 1.82) is 0 Å². The molecule has 0 aliphatic rings. The minimum atomic E-state index is -1.13. The van der Waals surface area contributed by atoms with E-state index in [-0.39, 0.29) is 6.61 Å². The zero-order chi connectivity index (χ0) is 8.69. The molecule has 0 heterocycles. The van der Waals surface area contributed by atoms with Crippen molar-refractivity contribution in [2.24, 2.45) is 0 Å². The van der Waals surface area contributed by atoms with Crippen LogP contribution in [0.1, 0.15) is 13.8 Å². The van der Waals surface area contributed by atoms with Gasteiger partial charge in [0.1, 0.15) is 6.10 Å². The molecule has 4 nitrogen and oxygen atoms in total. The topological polar surface area (TPSA) is 58.9 Å². The summed E-state index contributed by atoms with van der Waals surface area (Å²) in [5.74, 6) is 0. The lowest BCUT2D eigenvalue weighted by Gasteiger charge is -2.16. The van der Waals surface area contributed by atoms with E-state index in [1.807, 2.05) is 6.92 Å². The van der Waals surface area contributed by atoms with Gasteiger partial charge in [-0.3, -0.25) is 0 Å². The van der Waals surface area contributed by atoms with Gasteiger partial charge in [0.15, 0.2) is 6.29 Å². The SMILES string of the molecule is CCOCC(O)C(O)OCC. The summed E-state index contributed by atoms with van der Waals surface area (Å²) in [4.78, 5) is 0. The quantitative estimate of drug-likeness (QED) is 0.531. The molecule has 0 aromatic heterocycles. The molecule has 68 valence electrons. The van der Waals surface area contributed by atoms with Gasteiger partial charge >= 0.3 is 0 Å². The summed E-state index contributed by atoms with van der Waals surface area (Å²) < 4.78 is 9.60. The van der Waals surface area contributed by atoms with E-state index in [1.54, 1.807) is 6.92 Å². The fraction of sp³-hybridized carbons (Fsp3) is 1.00. The molecule has 0 radical (unpaired) electrons. The van der Waals surface area contributed by atoms with E-state index in [0.29, 0.717) is 13.2 Å². The number of hydrogen-bond donors (Lipinski definition) is 2. The first-order valence-corrected chi connectivity index (χ1v) is 3.77. The number of rotatable bonds is 6. The summed E-state index contributed by atoms with van der Waals surface area (Å²) in [6.45, 7) is 4.58. The minimum Gasteiger partial charge on any atom is -0.385 e. The van der Waals surface area contributed by atoms with Gasteiger partial charge in [0.05, 0.1) is 6.61 Å². The maximum absolute atomic E-state index is 9.08. The molecule has 11 heavy (non-hydrogen) atoms. The first-order valence-electron chi connectivity index (χ1n) is 3.77. The number of aliphatic hydroxyl groups is 2. The van der Waals surface area contributed by atoms with Gasteiger partial charge in [-0.15, -0.1) is 0 Å². The van der Waals surface area contributed by atoms with Crippen LogP contribution in [0.2, 0.25) is 0 Å². The van der Waals surface area contributed by atoms with Crippen LogP contribution in [0.3, 0.4) is 0 Å². The Morgan fingerprint density at radius 2 is 1.82 bits per heavy atom. The van der Waals surface area contributed by atoms with Crippen molar-refractivity contribution in [3.05, 3.63) is 0 Å². The molecule has 0 rings (SSSR count). The molecule has 2 unspecified atom stereocenters. The molecule has 0 saturated carbocycles. The molecule has 0 bridgehead atoms. The van der Waals surface area contributed by atoms with Crippen LogP contribution in [0.25, 0.3) is 0 Å². The average molecular weight is 164 g/mol. The second-order valence-electron chi connectivity index (χ2n) is 2.07. The summed E-state index contributed by atoms with van der Waals surface area (Å²) in [5, 5.41) is 18.1. The predicted octanol–water partition coefficient (Wildman–Crippen LogP) is -0.261. The van der Waals surface area contributed by atoms with Crippen LogP contribution in [0.5, 0.6) is 0 Å². The lowest BCUT2D eigenvalue weighted by atomic mass is 10.4. The van der Waals surface area contributed by atoms with Gasteiger partial charge < -0.3 is 19.7 Å². The first-order chi connectivity index (χ1) is 5.22. The Kier molecular flexibility index (Phi) is 6.45. The monoisotopic (exact) mass is 164 g/mol. The second-order valence-corrected chi connectivity index (χ2v) is 2.07. The van der Waals surface area contributed by atoms with Gasteiger partial charge in [0.2, 0.25) is 0 Å². The molecule has 4 heteroatoms. The molecule has 0 aliphatic carbocycles. The van der Waals surface area contributed by atoms with Gasteiger partial charge in [-0.05, 0) is 13.8 Å². The average Bonchev–Trinajstić information content (AvgIpc) is 2.00. The fourth-order valence-corrected chi connectivity index (χ4v) is 0.603. The molecule has 0 spiro atoms. The van der Waals surface area contributed by atoms with Crippen molar-refractivity contribution < 1.29 is 19.7 Å². The molecular weight excluding hydrogens is 148 g/mol. The van der Waals surface area contributed by atoms with Crippen LogP contribution in [-0.2, 0) is 9.47 Å². The van der Waals surface area contributed by atoms with Gasteiger partial charge in [0.25, 0.3) is 0 Å². The molecule has 0 amide bonds. The minimum absolute atomic E-state index is 0.109. The second kappa shape index (κ2) is 6.54. The molecule has 2 atom stereocenters. The summed E-state index contributed by atoms with van der Waals surface area (Å²) >= 11 is 0. The van der Waals surface area contributed by atoms with Crippen LogP contribution in [0.4, 0.5) is 0 Å². The highest BCUT2D eigenvalue weighted by molar-refractivity contribution is 4.55. The van der Waals surface area contributed by atoms with E-state index >= 15 is 0 Å². The van der Waals surface area contributed by atoms with E-state index in [2.05, 4.69) is 0 Å². The molecule has 0 aromatic carbocycles. The van der Waals surface area contributed by atoms with Crippen LogP contribution >= 0.6 is 0 Å². The summed E-state index contributed by atoms with van der Waals surface area (Å²) in [6, 6.07) is 0.